The van der Waals surface area contributed by atoms with Crippen molar-refractivity contribution in [3.63, 3.8) is 0 Å². The van der Waals surface area contributed by atoms with E-state index in [1.54, 1.807) is 16.9 Å². The molecule has 0 N–H and O–H groups in total. The van der Waals surface area contributed by atoms with Crippen molar-refractivity contribution in [3.05, 3.63) is 112 Å². The zero-order valence-corrected chi connectivity index (χ0v) is 23.8. The van der Waals surface area contributed by atoms with Gasteiger partial charge in [0.2, 0.25) is 12.0 Å². The van der Waals surface area contributed by atoms with Gasteiger partial charge < -0.3 is 19.3 Å². The van der Waals surface area contributed by atoms with Crippen molar-refractivity contribution in [1.29, 1.82) is 0 Å². The number of rotatable bonds is 6. The molecule has 2 amide bonds. The number of aromatic nitrogens is 2. The Morgan fingerprint density at radius 3 is 2.20 bits per heavy atom. The number of para-hydroxylation sites is 1. The van der Waals surface area contributed by atoms with Gasteiger partial charge in [0.25, 0.3) is 5.91 Å². The fourth-order valence-corrected chi connectivity index (χ4v) is 6.18. The third kappa shape index (κ3) is 4.40. The maximum Gasteiger partial charge on any atom is 0.317 e. The van der Waals surface area contributed by atoms with Crippen LogP contribution in [0.2, 0.25) is 0 Å². The Morgan fingerprint density at radius 1 is 0.878 bits per heavy atom. The monoisotopic (exact) mass is 548 g/mol. The number of carbonyl (C=O) groups is 2. The standard InChI is InChI=1S/C33H32N4O4/c1-20-14-21(2)16-25(15-20)33-27-8-6-7-9-28(27)36(18-24-10-12-26(40-5)13-11-24)29(38)19-37(33)31(39)30(33)41-32-34-22(3)17-23(4)35-32/h6-17,30H,18-19H2,1-5H3. The van der Waals surface area contributed by atoms with E-state index < -0.39 is 11.6 Å². The summed E-state index contributed by atoms with van der Waals surface area (Å²) in [5.74, 6) is 0.295. The highest BCUT2D eigenvalue weighted by Crippen LogP contribution is 2.53. The summed E-state index contributed by atoms with van der Waals surface area (Å²) in [7, 11) is 1.62. The quantitative estimate of drug-likeness (QED) is 0.322. The highest BCUT2D eigenvalue weighted by molar-refractivity contribution is 6.04. The van der Waals surface area contributed by atoms with E-state index in [4.69, 9.17) is 9.47 Å². The zero-order valence-electron chi connectivity index (χ0n) is 23.8. The van der Waals surface area contributed by atoms with Crippen LogP contribution in [0.1, 0.15) is 39.2 Å². The van der Waals surface area contributed by atoms with Crippen LogP contribution in [0.25, 0.3) is 0 Å². The summed E-state index contributed by atoms with van der Waals surface area (Å²) in [5, 5.41) is 0. The van der Waals surface area contributed by atoms with Crippen molar-refractivity contribution in [1.82, 2.24) is 14.9 Å². The first kappa shape index (κ1) is 26.5. The number of amides is 2. The second-order valence-electron chi connectivity index (χ2n) is 10.8. The predicted molar refractivity (Wildman–Crippen MR) is 155 cm³/mol. The molecule has 41 heavy (non-hydrogen) atoms. The van der Waals surface area contributed by atoms with Crippen LogP contribution in [0.15, 0.2) is 72.8 Å². The normalized spacial score (nSPS) is 19.7. The average Bonchev–Trinajstić information content (AvgIpc) is 3.03. The van der Waals surface area contributed by atoms with Crippen molar-refractivity contribution in [3.8, 4) is 11.8 Å². The molecule has 4 aromatic rings. The van der Waals surface area contributed by atoms with Gasteiger partial charge in [0.1, 0.15) is 17.8 Å². The van der Waals surface area contributed by atoms with Gasteiger partial charge in [0.15, 0.2) is 0 Å². The fraction of sp³-hybridized carbons (Fsp3) is 0.273. The summed E-state index contributed by atoms with van der Waals surface area (Å²) in [5.41, 5.74) is 5.93. The smallest absolute Gasteiger partial charge is 0.317 e. The van der Waals surface area contributed by atoms with Crippen molar-refractivity contribution in [2.45, 2.75) is 45.9 Å². The third-order valence-corrected chi connectivity index (χ3v) is 7.84. The molecule has 3 aromatic carbocycles. The molecule has 6 rings (SSSR count). The number of fused-ring (bicyclic) bond motifs is 3. The number of benzene rings is 3. The Kier molecular flexibility index (Phi) is 6.49. The van der Waals surface area contributed by atoms with Gasteiger partial charge >= 0.3 is 6.01 Å². The summed E-state index contributed by atoms with van der Waals surface area (Å²) < 4.78 is 11.7. The SMILES string of the molecule is COc1ccc(CN2C(=O)CN3C(=O)C(Oc4nc(C)cc(C)n4)C3(c3cc(C)cc(C)c3)c3ccccc32)cc1. The molecule has 208 valence electrons. The van der Waals surface area contributed by atoms with Gasteiger partial charge in [-0.1, -0.05) is 59.7 Å². The largest absolute Gasteiger partial charge is 0.497 e. The van der Waals surface area contributed by atoms with Gasteiger partial charge in [-0.15, -0.1) is 0 Å². The summed E-state index contributed by atoms with van der Waals surface area (Å²) >= 11 is 0. The molecule has 0 bridgehead atoms. The van der Waals surface area contributed by atoms with E-state index in [1.165, 1.54) is 0 Å². The lowest BCUT2D eigenvalue weighted by Crippen LogP contribution is -2.74. The number of carbonyl (C=O) groups excluding carboxylic acids is 2. The molecule has 1 saturated heterocycles. The lowest BCUT2D eigenvalue weighted by Gasteiger charge is -2.56. The van der Waals surface area contributed by atoms with Gasteiger partial charge in [0, 0.05) is 17.0 Å². The molecular formula is C33H32N4O4. The Hall–Kier alpha value is -4.72. The maximum absolute atomic E-state index is 13.9. The lowest BCUT2D eigenvalue weighted by molar-refractivity contribution is -0.178. The van der Waals surface area contributed by atoms with E-state index in [-0.39, 0.29) is 24.4 Å². The predicted octanol–water partition coefficient (Wildman–Crippen LogP) is 4.80. The van der Waals surface area contributed by atoms with E-state index >= 15 is 0 Å². The number of nitrogens with zero attached hydrogens (tertiary/aromatic N) is 4. The lowest BCUT2D eigenvalue weighted by atomic mass is 9.69. The third-order valence-electron chi connectivity index (χ3n) is 7.84. The summed E-state index contributed by atoms with van der Waals surface area (Å²) in [6, 6.07) is 23.7. The van der Waals surface area contributed by atoms with Crippen molar-refractivity contribution < 1.29 is 19.1 Å². The molecule has 0 saturated carbocycles. The molecule has 2 atom stereocenters. The first-order valence-corrected chi connectivity index (χ1v) is 13.6. The molecule has 8 heteroatoms. The van der Waals surface area contributed by atoms with Crippen molar-refractivity contribution in [2.24, 2.45) is 0 Å². The van der Waals surface area contributed by atoms with Crippen LogP contribution in [0.3, 0.4) is 0 Å². The van der Waals surface area contributed by atoms with Gasteiger partial charge in [-0.05, 0) is 63.1 Å². The number of anilines is 1. The number of hydrogen-bond acceptors (Lipinski definition) is 6. The highest BCUT2D eigenvalue weighted by Gasteiger charge is 2.67. The number of aryl methyl sites for hydroxylation is 4. The molecule has 1 aromatic heterocycles. The van der Waals surface area contributed by atoms with Crippen LogP contribution in [0, 0.1) is 27.7 Å². The van der Waals surface area contributed by atoms with Crippen molar-refractivity contribution >= 4 is 17.5 Å². The van der Waals surface area contributed by atoms with Crippen molar-refractivity contribution in [2.75, 3.05) is 18.6 Å². The van der Waals surface area contributed by atoms with E-state index in [0.717, 1.165) is 50.6 Å². The number of β-lactam (4-membered cyclic amide) rings is 1. The summed E-state index contributed by atoms with van der Waals surface area (Å²) in [6.07, 6.45) is -0.959. The summed E-state index contributed by atoms with van der Waals surface area (Å²) in [4.78, 5) is 40.2. The van der Waals surface area contributed by atoms with E-state index in [1.807, 2.05) is 82.3 Å². The first-order chi connectivity index (χ1) is 19.7. The minimum absolute atomic E-state index is 0.0930. The first-order valence-electron chi connectivity index (χ1n) is 13.6. The van der Waals surface area contributed by atoms with Gasteiger partial charge in [-0.2, -0.15) is 0 Å². The second-order valence-corrected chi connectivity index (χ2v) is 10.8. The van der Waals surface area contributed by atoms with E-state index in [9.17, 15) is 9.59 Å². The Labute approximate surface area is 239 Å². The summed E-state index contributed by atoms with van der Waals surface area (Å²) in [6.45, 7) is 8.05. The molecule has 2 aliphatic rings. The number of ether oxygens (including phenoxy) is 2. The van der Waals surface area contributed by atoms with Crippen LogP contribution < -0.4 is 14.4 Å². The fourth-order valence-electron chi connectivity index (χ4n) is 6.18. The minimum Gasteiger partial charge on any atom is -0.497 e. The molecule has 0 radical (unpaired) electrons. The number of methoxy groups -OCH3 is 1. The van der Waals surface area contributed by atoms with Crippen LogP contribution in [0.5, 0.6) is 11.8 Å². The topological polar surface area (TPSA) is 84.9 Å². The van der Waals surface area contributed by atoms with Gasteiger partial charge in [-0.25, -0.2) is 9.97 Å². The molecule has 3 heterocycles. The molecular weight excluding hydrogens is 516 g/mol. The second kappa shape index (κ2) is 10.0. The number of hydrogen-bond donors (Lipinski definition) is 0. The molecule has 2 aliphatic heterocycles. The van der Waals surface area contributed by atoms with Gasteiger partial charge in [-0.3, -0.25) is 9.59 Å². The van der Waals surface area contributed by atoms with Gasteiger partial charge in [0.05, 0.1) is 19.3 Å². The van der Waals surface area contributed by atoms with E-state index in [0.29, 0.717) is 6.54 Å². The zero-order chi connectivity index (χ0) is 28.9. The van der Waals surface area contributed by atoms with Crippen LogP contribution in [-0.4, -0.2) is 46.4 Å². The van der Waals surface area contributed by atoms with Crippen LogP contribution in [-0.2, 0) is 21.7 Å². The Morgan fingerprint density at radius 2 is 1.54 bits per heavy atom. The minimum atomic E-state index is -1.06. The molecule has 8 nitrogen and oxygen atoms in total. The average molecular weight is 549 g/mol. The van der Waals surface area contributed by atoms with Crippen LogP contribution >= 0.6 is 0 Å². The molecule has 2 unspecified atom stereocenters. The van der Waals surface area contributed by atoms with E-state index in [2.05, 4.69) is 28.2 Å². The molecule has 0 spiro atoms. The molecule has 0 aliphatic carbocycles. The highest BCUT2D eigenvalue weighted by atomic mass is 16.5. The molecule has 1 fully saturated rings. The van der Waals surface area contributed by atoms with Crippen LogP contribution in [0.4, 0.5) is 5.69 Å². The Balaban J connectivity index is 1.54. The maximum atomic E-state index is 13.9. The Bertz CT molecular complexity index is 1630.